The van der Waals surface area contributed by atoms with E-state index in [0.29, 0.717) is 6.54 Å². The van der Waals surface area contributed by atoms with Gasteiger partial charge in [0.05, 0.1) is 4.90 Å². The fourth-order valence-electron chi connectivity index (χ4n) is 2.01. The van der Waals surface area contributed by atoms with Crippen LogP contribution in [0, 0.1) is 5.82 Å². The molecule has 1 saturated heterocycles. The normalized spacial score (nSPS) is 22.5. The zero-order valence-electron chi connectivity index (χ0n) is 9.06. The van der Waals surface area contributed by atoms with E-state index in [-0.39, 0.29) is 10.9 Å². The number of halogens is 1. The van der Waals surface area contributed by atoms with Crippen molar-refractivity contribution in [1.82, 2.24) is 4.31 Å². The highest BCUT2D eigenvalue weighted by molar-refractivity contribution is 7.89. The Morgan fingerprint density at radius 3 is 2.44 bits per heavy atom. The molecule has 2 rings (SSSR count). The molecule has 0 aliphatic carbocycles. The Hall–Kier alpha value is -0.940. The summed E-state index contributed by atoms with van der Waals surface area (Å²) in [5.41, 5.74) is 0. The minimum atomic E-state index is -3.44. The molecule has 0 radical (unpaired) electrons. The number of rotatable bonds is 2. The van der Waals surface area contributed by atoms with E-state index in [1.54, 1.807) is 0 Å². The second kappa shape index (κ2) is 4.14. The van der Waals surface area contributed by atoms with Gasteiger partial charge in [0.1, 0.15) is 5.82 Å². The van der Waals surface area contributed by atoms with E-state index in [4.69, 9.17) is 0 Å². The fraction of sp³-hybridized carbons (Fsp3) is 0.455. The van der Waals surface area contributed by atoms with Crippen molar-refractivity contribution >= 4 is 10.0 Å². The first-order valence-corrected chi connectivity index (χ1v) is 6.73. The van der Waals surface area contributed by atoms with Gasteiger partial charge in [-0.15, -0.1) is 0 Å². The molecule has 0 spiro atoms. The average Bonchev–Trinajstić information content (AvgIpc) is 2.66. The minimum absolute atomic E-state index is 0.0371. The molecular formula is C11H14FNO2S. The number of hydrogen-bond donors (Lipinski definition) is 0. The van der Waals surface area contributed by atoms with Crippen LogP contribution in [0.4, 0.5) is 4.39 Å². The molecule has 0 unspecified atom stereocenters. The second-order valence-electron chi connectivity index (χ2n) is 4.06. The van der Waals surface area contributed by atoms with Crippen LogP contribution in [-0.4, -0.2) is 25.3 Å². The largest absolute Gasteiger partial charge is 0.243 e. The molecule has 1 aliphatic heterocycles. The van der Waals surface area contributed by atoms with Gasteiger partial charge < -0.3 is 0 Å². The molecule has 3 nitrogen and oxygen atoms in total. The molecule has 0 N–H and O–H groups in total. The Kier molecular flexibility index (Phi) is 2.99. The summed E-state index contributed by atoms with van der Waals surface area (Å²) in [7, 11) is -3.44. The van der Waals surface area contributed by atoms with Crippen molar-refractivity contribution in [2.24, 2.45) is 0 Å². The van der Waals surface area contributed by atoms with Crippen molar-refractivity contribution in [1.29, 1.82) is 0 Å². The summed E-state index contributed by atoms with van der Waals surface area (Å²) in [6.07, 6.45) is 1.78. The van der Waals surface area contributed by atoms with Gasteiger partial charge in [-0.25, -0.2) is 12.8 Å². The summed E-state index contributed by atoms with van der Waals surface area (Å²) >= 11 is 0. The summed E-state index contributed by atoms with van der Waals surface area (Å²) in [5.74, 6) is -0.423. The van der Waals surface area contributed by atoms with Crippen LogP contribution < -0.4 is 0 Å². The van der Waals surface area contributed by atoms with Crippen molar-refractivity contribution in [2.75, 3.05) is 6.54 Å². The van der Waals surface area contributed by atoms with Crippen molar-refractivity contribution in [3.63, 3.8) is 0 Å². The first-order valence-electron chi connectivity index (χ1n) is 5.29. The number of benzene rings is 1. The SMILES string of the molecule is C[C@@H]1CCCN1S(=O)(=O)c1ccc(F)cc1. The number of nitrogens with zero attached hydrogens (tertiary/aromatic N) is 1. The minimum Gasteiger partial charge on any atom is -0.207 e. The molecule has 1 atom stereocenters. The van der Waals surface area contributed by atoms with E-state index in [0.717, 1.165) is 12.8 Å². The number of hydrogen-bond acceptors (Lipinski definition) is 2. The lowest BCUT2D eigenvalue weighted by molar-refractivity contribution is 0.408. The Labute approximate surface area is 94.9 Å². The molecule has 0 saturated carbocycles. The van der Waals surface area contributed by atoms with Gasteiger partial charge in [0.15, 0.2) is 0 Å². The van der Waals surface area contributed by atoms with Crippen LogP contribution in [-0.2, 0) is 10.0 Å². The highest BCUT2D eigenvalue weighted by Gasteiger charge is 2.32. The summed E-state index contributed by atoms with van der Waals surface area (Å²) in [4.78, 5) is 0.169. The van der Waals surface area contributed by atoms with Crippen LogP contribution >= 0.6 is 0 Å². The van der Waals surface area contributed by atoms with E-state index in [1.807, 2.05) is 6.92 Å². The van der Waals surface area contributed by atoms with E-state index in [2.05, 4.69) is 0 Å². The number of sulfonamides is 1. The van der Waals surface area contributed by atoms with Crippen molar-refractivity contribution in [3.8, 4) is 0 Å². The van der Waals surface area contributed by atoms with E-state index in [9.17, 15) is 12.8 Å². The Bertz CT molecular complexity index is 469. The van der Waals surface area contributed by atoms with Gasteiger partial charge in [-0.3, -0.25) is 0 Å². The Morgan fingerprint density at radius 2 is 1.94 bits per heavy atom. The highest BCUT2D eigenvalue weighted by Crippen LogP contribution is 2.25. The predicted octanol–water partition coefficient (Wildman–Crippen LogP) is 2.00. The third-order valence-corrected chi connectivity index (χ3v) is 4.94. The van der Waals surface area contributed by atoms with Gasteiger partial charge >= 0.3 is 0 Å². The predicted molar refractivity (Wildman–Crippen MR) is 59.0 cm³/mol. The molecule has 1 aliphatic rings. The van der Waals surface area contributed by atoms with Crippen LogP contribution in [0.15, 0.2) is 29.2 Å². The molecular weight excluding hydrogens is 229 g/mol. The molecule has 16 heavy (non-hydrogen) atoms. The fourth-order valence-corrected chi connectivity index (χ4v) is 3.71. The zero-order valence-corrected chi connectivity index (χ0v) is 9.87. The lowest BCUT2D eigenvalue weighted by Gasteiger charge is -2.20. The molecule has 1 fully saturated rings. The van der Waals surface area contributed by atoms with Gasteiger partial charge in [-0.1, -0.05) is 0 Å². The van der Waals surface area contributed by atoms with E-state index >= 15 is 0 Å². The summed E-state index contributed by atoms with van der Waals surface area (Å²) < 4.78 is 38.5. The summed E-state index contributed by atoms with van der Waals surface area (Å²) in [6, 6.07) is 5.02. The topological polar surface area (TPSA) is 37.4 Å². The van der Waals surface area contributed by atoms with Crippen LogP contribution in [0.2, 0.25) is 0 Å². The smallest absolute Gasteiger partial charge is 0.207 e. The van der Waals surface area contributed by atoms with E-state index in [1.165, 1.54) is 28.6 Å². The first-order chi connectivity index (χ1) is 7.51. The average molecular weight is 243 g/mol. The molecule has 1 aromatic rings. The molecule has 0 bridgehead atoms. The standard InChI is InChI=1S/C11H14FNO2S/c1-9-3-2-8-13(9)16(14,15)11-6-4-10(12)5-7-11/h4-7,9H,2-3,8H2,1H3/t9-/m1/s1. The van der Waals surface area contributed by atoms with Crippen LogP contribution in [0.25, 0.3) is 0 Å². The third-order valence-electron chi connectivity index (χ3n) is 2.91. The van der Waals surface area contributed by atoms with Gasteiger partial charge in [0.2, 0.25) is 10.0 Å². The lowest BCUT2D eigenvalue weighted by atomic mass is 10.3. The Balaban J connectivity index is 2.35. The van der Waals surface area contributed by atoms with Gasteiger partial charge in [0, 0.05) is 12.6 Å². The molecule has 0 aromatic heterocycles. The van der Waals surface area contributed by atoms with E-state index < -0.39 is 15.8 Å². The highest BCUT2D eigenvalue weighted by atomic mass is 32.2. The second-order valence-corrected chi connectivity index (χ2v) is 5.95. The van der Waals surface area contributed by atoms with Gasteiger partial charge in [-0.2, -0.15) is 4.31 Å². The quantitative estimate of drug-likeness (QED) is 0.796. The molecule has 1 heterocycles. The maximum atomic E-state index is 12.7. The van der Waals surface area contributed by atoms with Gasteiger partial charge in [0.25, 0.3) is 0 Å². The molecule has 88 valence electrons. The zero-order chi connectivity index (χ0) is 11.8. The van der Waals surface area contributed by atoms with Crippen LogP contribution in [0.1, 0.15) is 19.8 Å². The first kappa shape index (κ1) is 11.5. The monoisotopic (exact) mass is 243 g/mol. The summed E-state index contributed by atoms with van der Waals surface area (Å²) in [5, 5.41) is 0. The molecule has 0 amide bonds. The maximum absolute atomic E-state index is 12.7. The van der Waals surface area contributed by atoms with Crippen LogP contribution in [0.5, 0.6) is 0 Å². The molecule has 1 aromatic carbocycles. The molecule has 5 heteroatoms. The lowest BCUT2D eigenvalue weighted by Crippen LogP contribution is -2.33. The Morgan fingerprint density at radius 1 is 1.31 bits per heavy atom. The van der Waals surface area contributed by atoms with Crippen molar-refractivity contribution < 1.29 is 12.8 Å². The van der Waals surface area contributed by atoms with Crippen LogP contribution in [0.3, 0.4) is 0 Å². The summed E-state index contributed by atoms with van der Waals surface area (Å²) in [6.45, 7) is 2.45. The van der Waals surface area contributed by atoms with Gasteiger partial charge in [-0.05, 0) is 44.0 Å². The van der Waals surface area contributed by atoms with Crippen molar-refractivity contribution in [3.05, 3.63) is 30.1 Å². The third kappa shape index (κ3) is 1.97. The van der Waals surface area contributed by atoms with Crippen molar-refractivity contribution in [2.45, 2.75) is 30.7 Å². The maximum Gasteiger partial charge on any atom is 0.243 e.